The third-order valence-corrected chi connectivity index (χ3v) is 19.8. The van der Waals surface area contributed by atoms with Gasteiger partial charge in [-0.1, -0.05) is 257 Å². The molecule has 0 N–H and O–H groups in total. The van der Waals surface area contributed by atoms with E-state index in [1.54, 1.807) is 0 Å². The molecule has 0 spiro atoms. The van der Waals surface area contributed by atoms with E-state index in [1.165, 1.54) is 132 Å². The van der Waals surface area contributed by atoms with Crippen molar-refractivity contribution < 1.29 is 0 Å². The number of anilines is 5. The van der Waals surface area contributed by atoms with Gasteiger partial charge in [0, 0.05) is 39.3 Å². The maximum atomic E-state index is 2.64. The van der Waals surface area contributed by atoms with E-state index in [0.717, 1.165) is 23.5 Å². The van der Waals surface area contributed by atoms with E-state index in [0.29, 0.717) is 0 Å². The van der Waals surface area contributed by atoms with Crippen LogP contribution in [0.3, 0.4) is 0 Å². The van der Waals surface area contributed by atoms with Crippen LogP contribution in [0.2, 0.25) is 0 Å². The lowest BCUT2D eigenvalue weighted by molar-refractivity contribution is 0.584. The van der Waals surface area contributed by atoms with E-state index in [-0.39, 0.29) is 27.7 Å². The van der Waals surface area contributed by atoms with E-state index < -0.39 is 0 Å². The Labute approximate surface area is 508 Å². The van der Waals surface area contributed by atoms with Crippen molar-refractivity contribution in [3.05, 3.63) is 288 Å². The van der Waals surface area contributed by atoms with Gasteiger partial charge in [0.2, 0.25) is 0 Å². The number of nitrogens with zero attached hydrogens (tertiary/aromatic N) is 2. The number of hydrogen-bond donors (Lipinski definition) is 0. The predicted molar refractivity (Wildman–Crippen MR) is 369 cm³/mol. The zero-order chi connectivity index (χ0) is 59.0. The molecule has 12 aromatic rings. The summed E-state index contributed by atoms with van der Waals surface area (Å²) < 4.78 is 0. The first kappa shape index (κ1) is 53.5. The van der Waals surface area contributed by atoms with Gasteiger partial charge in [-0.3, -0.25) is 0 Å². The summed E-state index contributed by atoms with van der Waals surface area (Å²) in [6.45, 7) is 23.5. The molecule has 3 aliphatic rings. The summed E-state index contributed by atoms with van der Waals surface area (Å²) in [6.07, 6.45) is 5.83. The molecule has 2 heteroatoms. The van der Waals surface area contributed by atoms with Gasteiger partial charge in [0.1, 0.15) is 0 Å². The zero-order valence-corrected chi connectivity index (χ0v) is 51.4. The van der Waals surface area contributed by atoms with Crippen LogP contribution in [0.15, 0.2) is 254 Å². The summed E-state index contributed by atoms with van der Waals surface area (Å²) in [4.78, 5) is 5.15. The van der Waals surface area contributed by atoms with Crippen LogP contribution in [0.5, 0.6) is 0 Å². The molecular weight excluding hydrogens is 1040 g/mol. The molecule has 420 valence electrons. The summed E-state index contributed by atoms with van der Waals surface area (Å²) in [5, 5.41) is 9.78. The van der Waals surface area contributed by atoms with Gasteiger partial charge in [-0.25, -0.2) is 0 Å². The first-order chi connectivity index (χ1) is 41.4. The molecule has 0 aromatic heterocycles. The second-order valence-electron chi connectivity index (χ2n) is 27.7. The van der Waals surface area contributed by atoms with Gasteiger partial charge in [-0.05, 0) is 199 Å². The lowest BCUT2D eigenvalue weighted by Crippen LogP contribution is -2.33. The molecule has 2 nitrogen and oxygen atoms in total. The Hall–Kier alpha value is -9.24. The quantitative estimate of drug-likeness (QED) is 0.140. The third kappa shape index (κ3) is 8.50. The Bertz CT molecular complexity index is 4790. The minimum absolute atomic E-state index is 0.00354. The molecule has 0 aliphatic heterocycles. The number of hydrogen-bond acceptors (Lipinski definition) is 2. The van der Waals surface area contributed by atoms with E-state index >= 15 is 0 Å². The molecule has 0 heterocycles. The molecule has 0 bridgehead atoms. The van der Waals surface area contributed by atoms with Gasteiger partial charge in [0.05, 0.1) is 6.04 Å². The highest BCUT2D eigenvalue weighted by Gasteiger charge is 2.41. The molecule has 86 heavy (non-hydrogen) atoms. The van der Waals surface area contributed by atoms with Crippen LogP contribution in [-0.4, -0.2) is 6.04 Å². The fourth-order valence-electron chi connectivity index (χ4n) is 15.1. The smallest absolute Gasteiger partial charge is 0.0563 e. The average molecular weight is 1110 g/mol. The Morgan fingerprint density at radius 1 is 0.349 bits per heavy atom. The lowest BCUT2D eigenvalue weighted by atomic mass is 9.77. The summed E-state index contributed by atoms with van der Waals surface area (Å²) in [6, 6.07) is 90.5. The number of benzene rings is 12. The second-order valence-corrected chi connectivity index (χ2v) is 27.7. The minimum Gasteiger partial charge on any atom is -0.334 e. The highest BCUT2D eigenvalue weighted by atomic mass is 15.2. The van der Waals surface area contributed by atoms with Gasteiger partial charge in [0.15, 0.2) is 0 Å². The summed E-state index contributed by atoms with van der Waals surface area (Å²) in [5.74, 6) is 0. The largest absolute Gasteiger partial charge is 0.334 e. The molecule has 0 saturated heterocycles. The number of allylic oxidation sites excluding steroid dienone is 2. The molecule has 0 saturated carbocycles. The van der Waals surface area contributed by atoms with E-state index in [2.05, 4.69) is 328 Å². The first-order valence-electron chi connectivity index (χ1n) is 31.0. The normalized spacial score (nSPS) is 15.7. The van der Waals surface area contributed by atoms with Crippen LogP contribution >= 0.6 is 0 Å². The van der Waals surface area contributed by atoms with Crippen molar-refractivity contribution in [2.75, 3.05) is 9.80 Å². The van der Waals surface area contributed by atoms with Crippen LogP contribution in [0, 0.1) is 0 Å². The molecule has 15 rings (SSSR count). The molecule has 0 radical (unpaired) electrons. The molecular formula is C84H74N2. The predicted octanol–water partition coefficient (Wildman–Crippen LogP) is 23.2. The number of rotatable bonds is 8. The highest BCUT2D eigenvalue weighted by Crippen LogP contribution is 2.55. The third-order valence-electron chi connectivity index (χ3n) is 19.8. The lowest BCUT2D eigenvalue weighted by Gasteiger charge is -2.37. The van der Waals surface area contributed by atoms with E-state index in [4.69, 9.17) is 0 Å². The Morgan fingerprint density at radius 2 is 0.791 bits per heavy atom. The van der Waals surface area contributed by atoms with Crippen molar-refractivity contribution in [1.82, 2.24) is 0 Å². The maximum Gasteiger partial charge on any atom is 0.0563 e. The monoisotopic (exact) mass is 1110 g/mol. The van der Waals surface area contributed by atoms with Crippen molar-refractivity contribution in [3.8, 4) is 33.4 Å². The molecule has 0 fully saturated rings. The van der Waals surface area contributed by atoms with Gasteiger partial charge in [-0.2, -0.15) is 0 Å². The molecule has 1 unspecified atom stereocenters. The van der Waals surface area contributed by atoms with E-state index in [9.17, 15) is 0 Å². The maximum absolute atomic E-state index is 2.64. The first-order valence-corrected chi connectivity index (χ1v) is 31.0. The van der Waals surface area contributed by atoms with Gasteiger partial charge in [-0.15, -0.1) is 0 Å². The zero-order valence-electron chi connectivity index (χ0n) is 51.4. The van der Waals surface area contributed by atoms with Crippen molar-refractivity contribution in [3.63, 3.8) is 0 Å². The summed E-state index contributed by atoms with van der Waals surface area (Å²) >= 11 is 0. The van der Waals surface area contributed by atoms with Crippen molar-refractivity contribution in [2.24, 2.45) is 0 Å². The van der Waals surface area contributed by atoms with Crippen LogP contribution in [0.4, 0.5) is 28.4 Å². The van der Waals surface area contributed by atoms with Crippen LogP contribution in [0.25, 0.3) is 82.0 Å². The molecule has 3 aliphatic carbocycles. The second kappa shape index (κ2) is 19.7. The van der Waals surface area contributed by atoms with Gasteiger partial charge >= 0.3 is 0 Å². The Kier molecular flexibility index (Phi) is 12.2. The Morgan fingerprint density at radius 3 is 1.38 bits per heavy atom. The summed E-state index contributed by atoms with van der Waals surface area (Å²) in [7, 11) is 0. The van der Waals surface area contributed by atoms with Crippen molar-refractivity contribution in [1.29, 1.82) is 0 Å². The highest BCUT2D eigenvalue weighted by molar-refractivity contribution is 6.26. The number of fused-ring (bicyclic) bond motifs is 9. The average Bonchev–Trinajstić information content (AvgIpc) is 0.960. The van der Waals surface area contributed by atoms with Gasteiger partial charge in [0.25, 0.3) is 0 Å². The fourth-order valence-corrected chi connectivity index (χ4v) is 15.1. The van der Waals surface area contributed by atoms with Crippen LogP contribution < -0.4 is 9.80 Å². The molecule has 1 atom stereocenters. The molecule has 0 amide bonds. The van der Waals surface area contributed by atoms with Crippen LogP contribution in [-0.2, 0) is 21.7 Å². The van der Waals surface area contributed by atoms with Crippen molar-refractivity contribution >= 4 is 77.1 Å². The van der Waals surface area contributed by atoms with Gasteiger partial charge < -0.3 is 9.80 Å². The van der Waals surface area contributed by atoms with Crippen LogP contribution in [0.1, 0.15) is 109 Å². The standard InChI is InChI=1S/C84H74N2/c1-81(2,3)55-33-37-57(38-34-55)85(61-41-45-67-65-27-15-17-31-75(65)83(7,8)77(67)51-61)59-43-47-71-73(49-59)79(69-29-19-23-53-21-11-13-25-63(53)69)72-48-44-60(50-74(72)80(71)70-30-20-24-54-22-12-14-26-64(54)70)86(58-39-35-56(36-40-58)82(4,5)6)62-42-46-68-66-28-16-18-32-76(66)84(9,10)78(68)52-62/h11-51,62H,52H2,1-10H3. The van der Waals surface area contributed by atoms with Crippen molar-refractivity contribution in [2.45, 2.75) is 103 Å². The Balaban J connectivity index is 1.01. The summed E-state index contributed by atoms with van der Waals surface area (Å²) in [5.41, 5.74) is 24.1. The minimum atomic E-state index is -0.169. The molecule has 12 aromatic carbocycles. The fraction of sp³-hybridized carbons (Fsp3) is 0.190. The topological polar surface area (TPSA) is 6.48 Å². The SMILES string of the molecule is CC(C)(C)c1ccc(N(c2ccc3c(c2)C(C)(C)c2ccccc2-3)c2ccc3c(-c4cccc5ccccc45)c4cc(N(c5ccc(C(C)(C)C)cc5)C5C=CC6=C(C5)C(C)(C)c5ccccc56)ccc4c(-c4cccc5ccccc45)c3c2)cc1. The van der Waals surface area contributed by atoms with E-state index in [1.807, 2.05) is 0 Å².